The lowest BCUT2D eigenvalue weighted by molar-refractivity contribution is -0.564. The molecule has 0 atom stereocenters. The van der Waals surface area contributed by atoms with Crippen molar-refractivity contribution in [1.29, 1.82) is 5.26 Å². The number of hydrogen-bond donors (Lipinski definition) is 0. The summed E-state index contributed by atoms with van der Waals surface area (Å²) in [4.78, 5) is 14.9. The van der Waals surface area contributed by atoms with Crippen LogP contribution in [0.1, 0.15) is 13.8 Å². The van der Waals surface area contributed by atoms with Gasteiger partial charge in [-0.15, -0.1) is 0 Å². The molecule has 17 heavy (non-hydrogen) atoms. The molecular weight excluding hydrogens is 224 g/mol. The highest BCUT2D eigenvalue weighted by molar-refractivity contribution is 5.35. The first-order valence-electron chi connectivity index (χ1n) is 4.86. The molecule has 0 heterocycles. The summed E-state index contributed by atoms with van der Waals surface area (Å²) in [6.45, 7) is 3.57. The minimum atomic E-state index is -0.503. The minimum Gasteiger partial charge on any atom is -0.324 e. The third-order valence-corrected chi connectivity index (χ3v) is 1.87. The second-order valence-corrected chi connectivity index (χ2v) is 3.46. The molecule has 0 aromatic heterocycles. The molecule has 0 spiro atoms. The second-order valence-electron chi connectivity index (χ2n) is 3.46. The number of rotatable bonds is 4. The van der Waals surface area contributed by atoms with Gasteiger partial charge in [0.05, 0.1) is 4.92 Å². The largest absolute Gasteiger partial charge is 0.484 e. The number of non-ortho nitro benzene ring substituents is 1. The average Bonchev–Trinajstić information content (AvgIpc) is 2.30. The van der Waals surface area contributed by atoms with Crippen molar-refractivity contribution < 1.29 is 14.5 Å². The first kappa shape index (κ1) is 12.6. The molecule has 0 saturated heterocycles. The number of benzene rings is 1. The molecule has 0 aliphatic heterocycles. The molecular formula is C10H11N4O3+. The lowest BCUT2D eigenvalue weighted by atomic mass is 10.3. The van der Waals surface area contributed by atoms with Crippen molar-refractivity contribution in [2.45, 2.75) is 19.9 Å². The van der Waals surface area contributed by atoms with Gasteiger partial charge in [0.15, 0.2) is 11.0 Å². The standard InChI is InChI=1S/C10H11N4O3/c1-8(2)13(7-11)12-17-10-5-3-9(4-6-10)14(15)16/h3-6,8H,1-2H3/q+1. The van der Waals surface area contributed by atoms with Crippen molar-refractivity contribution >= 4 is 5.69 Å². The Bertz CT molecular complexity index is 473. The zero-order valence-electron chi connectivity index (χ0n) is 9.40. The Labute approximate surface area is 97.7 Å². The highest BCUT2D eigenvalue weighted by Gasteiger charge is 2.09. The van der Waals surface area contributed by atoms with Crippen LogP contribution in [-0.4, -0.2) is 15.7 Å². The lowest BCUT2D eigenvalue weighted by Crippen LogP contribution is -2.13. The topological polar surface area (TPSA) is 91.5 Å². The summed E-state index contributed by atoms with van der Waals surface area (Å²) in [6, 6.07) is 5.32. The number of nitro groups is 1. The molecule has 0 N–H and O–H groups in total. The van der Waals surface area contributed by atoms with Crippen LogP contribution in [0.2, 0.25) is 0 Å². The van der Waals surface area contributed by atoms with Crippen molar-refractivity contribution in [3.63, 3.8) is 0 Å². The average molecular weight is 235 g/mol. The monoisotopic (exact) mass is 235 g/mol. The molecule has 1 rings (SSSR count). The predicted octanol–water partition coefficient (Wildman–Crippen LogP) is 2.24. The van der Waals surface area contributed by atoms with Gasteiger partial charge < -0.3 is 4.84 Å². The van der Waals surface area contributed by atoms with Crippen LogP contribution in [0.25, 0.3) is 0 Å². The van der Waals surface area contributed by atoms with E-state index in [1.54, 1.807) is 13.8 Å². The van der Waals surface area contributed by atoms with Gasteiger partial charge in [0.25, 0.3) is 5.69 Å². The Kier molecular flexibility index (Phi) is 4.11. The molecule has 1 aromatic carbocycles. The van der Waals surface area contributed by atoms with Gasteiger partial charge in [-0.05, 0) is 30.7 Å². The molecule has 0 bridgehead atoms. The smallest absolute Gasteiger partial charge is 0.324 e. The summed E-state index contributed by atoms with van der Waals surface area (Å²) >= 11 is 0. The molecule has 1 aromatic rings. The van der Waals surface area contributed by atoms with Crippen LogP contribution in [0.15, 0.2) is 29.5 Å². The summed E-state index contributed by atoms with van der Waals surface area (Å²) < 4.78 is 1.08. The normalized spacial score (nSPS) is 11.1. The Morgan fingerprint density at radius 1 is 1.41 bits per heavy atom. The summed E-state index contributed by atoms with van der Waals surface area (Å²) in [5, 5.41) is 22.7. The van der Waals surface area contributed by atoms with Crippen LogP contribution < -0.4 is 4.84 Å². The maximum absolute atomic E-state index is 10.4. The van der Waals surface area contributed by atoms with Gasteiger partial charge in [-0.2, -0.15) is 0 Å². The maximum Gasteiger partial charge on any atom is 0.484 e. The van der Waals surface area contributed by atoms with Crippen LogP contribution in [-0.2, 0) is 0 Å². The molecule has 0 amide bonds. The molecule has 7 heteroatoms. The fraction of sp³-hybridized carbons (Fsp3) is 0.300. The van der Waals surface area contributed by atoms with E-state index in [4.69, 9.17) is 10.1 Å². The molecule has 0 fully saturated rings. The van der Waals surface area contributed by atoms with Crippen LogP contribution in [0.4, 0.5) is 5.69 Å². The van der Waals surface area contributed by atoms with E-state index < -0.39 is 4.92 Å². The Morgan fingerprint density at radius 3 is 2.41 bits per heavy atom. The van der Waals surface area contributed by atoms with E-state index in [0.29, 0.717) is 5.75 Å². The van der Waals surface area contributed by atoms with Crippen molar-refractivity contribution in [1.82, 2.24) is 0 Å². The summed E-state index contributed by atoms with van der Waals surface area (Å²) in [5.74, 6) is 0.330. The fourth-order valence-electron chi connectivity index (χ4n) is 0.948. The van der Waals surface area contributed by atoms with Crippen molar-refractivity contribution in [3.8, 4) is 11.9 Å². The number of nitro benzene ring substituents is 1. The van der Waals surface area contributed by atoms with Crippen LogP contribution in [0.5, 0.6) is 5.75 Å². The Hall–Kier alpha value is -2.49. The van der Waals surface area contributed by atoms with E-state index in [1.165, 1.54) is 24.3 Å². The Balaban J connectivity index is 2.77. The number of nitriles is 1. The highest BCUT2D eigenvalue weighted by atomic mass is 16.6. The second kappa shape index (κ2) is 5.55. The zero-order chi connectivity index (χ0) is 12.8. The minimum absolute atomic E-state index is 0.0293. The van der Waals surface area contributed by atoms with E-state index in [9.17, 15) is 10.1 Å². The molecule has 0 unspecified atom stereocenters. The maximum atomic E-state index is 10.4. The first-order valence-corrected chi connectivity index (χ1v) is 4.86. The number of nitrogens with zero attached hydrogens (tertiary/aromatic N) is 4. The van der Waals surface area contributed by atoms with Gasteiger partial charge in [-0.1, -0.05) is 0 Å². The highest BCUT2D eigenvalue weighted by Crippen LogP contribution is 2.17. The summed E-state index contributed by atoms with van der Waals surface area (Å²) in [6.07, 6.45) is 1.83. The van der Waals surface area contributed by atoms with Gasteiger partial charge in [-0.3, -0.25) is 10.1 Å². The Morgan fingerprint density at radius 2 is 2.00 bits per heavy atom. The van der Waals surface area contributed by atoms with E-state index in [0.717, 1.165) is 4.70 Å². The molecule has 0 aliphatic rings. The SMILES string of the molecule is CC(C)[N+](C#N)=NOc1ccc([N+](=O)[O-])cc1. The summed E-state index contributed by atoms with van der Waals surface area (Å²) in [7, 11) is 0. The van der Waals surface area contributed by atoms with Gasteiger partial charge >= 0.3 is 6.19 Å². The van der Waals surface area contributed by atoms with Crippen LogP contribution in [0.3, 0.4) is 0 Å². The quantitative estimate of drug-likeness (QED) is 0.200. The molecule has 0 saturated carbocycles. The molecule has 0 aliphatic carbocycles. The zero-order valence-corrected chi connectivity index (χ0v) is 9.40. The van der Waals surface area contributed by atoms with Crippen LogP contribution in [0, 0.1) is 21.6 Å². The van der Waals surface area contributed by atoms with Crippen molar-refractivity contribution in [2.75, 3.05) is 0 Å². The predicted molar refractivity (Wildman–Crippen MR) is 57.2 cm³/mol. The van der Waals surface area contributed by atoms with Crippen molar-refractivity contribution in [2.24, 2.45) is 5.28 Å². The van der Waals surface area contributed by atoms with E-state index >= 15 is 0 Å². The van der Waals surface area contributed by atoms with Gasteiger partial charge in [-0.25, -0.2) is 0 Å². The summed E-state index contributed by atoms with van der Waals surface area (Å²) in [5.41, 5.74) is -0.0293. The third kappa shape index (κ3) is 3.53. The fourth-order valence-corrected chi connectivity index (χ4v) is 0.948. The number of hydrogen-bond acceptors (Lipinski definition) is 5. The molecule has 7 nitrogen and oxygen atoms in total. The lowest BCUT2D eigenvalue weighted by Gasteiger charge is -1.98. The first-order chi connectivity index (χ1) is 8.04. The third-order valence-electron chi connectivity index (χ3n) is 1.87. The van der Waals surface area contributed by atoms with E-state index in [-0.39, 0.29) is 11.7 Å². The van der Waals surface area contributed by atoms with Gasteiger partial charge in [0, 0.05) is 12.1 Å². The van der Waals surface area contributed by atoms with Gasteiger partial charge in [0.1, 0.15) is 11.3 Å². The molecule has 0 radical (unpaired) electrons. The molecule has 88 valence electrons. The van der Waals surface area contributed by atoms with Crippen LogP contribution >= 0.6 is 0 Å². The van der Waals surface area contributed by atoms with E-state index in [2.05, 4.69) is 5.28 Å². The van der Waals surface area contributed by atoms with Gasteiger partial charge in [0.2, 0.25) is 0 Å². The van der Waals surface area contributed by atoms with Crippen molar-refractivity contribution in [3.05, 3.63) is 34.4 Å². The van der Waals surface area contributed by atoms with E-state index in [1.807, 2.05) is 6.19 Å².